The molecule has 6 nitrogen and oxygen atoms in total. The van der Waals surface area contributed by atoms with E-state index in [4.69, 9.17) is 4.74 Å². The van der Waals surface area contributed by atoms with Gasteiger partial charge in [0, 0.05) is 17.6 Å². The standard InChI is InChI=1S/C17H17N3O3/c1-10-7-13(5-6-18-10)19-16(21)9-12-3-4-15-14(8-12)20-17(22)11(2)23-15/h3-8,11H,9H2,1-2H3,(H,20,22)(H,18,19,21). The molecule has 0 aliphatic carbocycles. The summed E-state index contributed by atoms with van der Waals surface area (Å²) in [6, 6.07) is 8.90. The predicted molar refractivity (Wildman–Crippen MR) is 86.5 cm³/mol. The molecular weight excluding hydrogens is 294 g/mol. The van der Waals surface area contributed by atoms with Gasteiger partial charge in [-0.25, -0.2) is 0 Å². The molecule has 1 atom stereocenters. The quantitative estimate of drug-likeness (QED) is 0.911. The Morgan fingerprint density at radius 3 is 2.96 bits per heavy atom. The van der Waals surface area contributed by atoms with Crippen molar-refractivity contribution in [3.8, 4) is 5.75 Å². The van der Waals surface area contributed by atoms with Crippen LogP contribution in [0.4, 0.5) is 11.4 Å². The van der Waals surface area contributed by atoms with Crippen molar-refractivity contribution in [2.45, 2.75) is 26.4 Å². The van der Waals surface area contributed by atoms with Gasteiger partial charge in [0.2, 0.25) is 5.91 Å². The molecule has 1 aromatic heterocycles. The molecule has 1 unspecified atom stereocenters. The Bertz CT molecular complexity index is 773. The molecule has 1 aromatic carbocycles. The van der Waals surface area contributed by atoms with E-state index in [1.165, 1.54) is 0 Å². The van der Waals surface area contributed by atoms with Crippen molar-refractivity contribution in [3.05, 3.63) is 47.8 Å². The zero-order valence-electron chi connectivity index (χ0n) is 12.9. The number of aryl methyl sites for hydroxylation is 1. The van der Waals surface area contributed by atoms with Crippen molar-refractivity contribution in [2.75, 3.05) is 10.6 Å². The number of aromatic nitrogens is 1. The van der Waals surface area contributed by atoms with E-state index in [1.807, 2.05) is 13.0 Å². The number of benzene rings is 1. The van der Waals surface area contributed by atoms with E-state index in [0.717, 1.165) is 11.3 Å². The van der Waals surface area contributed by atoms with Gasteiger partial charge >= 0.3 is 0 Å². The number of rotatable bonds is 3. The Morgan fingerprint density at radius 2 is 2.17 bits per heavy atom. The van der Waals surface area contributed by atoms with Crippen LogP contribution in [-0.4, -0.2) is 22.9 Å². The zero-order valence-corrected chi connectivity index (χ0v) is 12.9. The minimum atomic E-state index is -0.508. The molecule has 0 bridgehead atoms. The maximum absolute atomic E-state index is 12.1. The predicted octanol–water partition coefficient (Wildman–Crippen LogP) is 2.29. The van der Waals surface area contributed by atoms with Crippen LogP contribution < -0.4 is 15.4 Å². The summed E-state index contributed by atoms with van der Waals surface area (Å²) in [5.74, 6) is 0.296. The average molecular weight is 311 g/mol. The summed E-state index contributed by atoms with van der Waals surface area (Å²) in [5.41, 5.74) is 2.94. The third-order valence-corrected chi connectivity index (χ3v) is 3.52. The minimum Gasteiger partial charge on any atom is -0.479 e. The molecule has 118 valence electrons. The minimum absolute atomic E-state index is 0.132. The van der Waals surface area contributed by atoms with Gasteiger partial charge in [-0.15, -0.1) is 0 Å². The van der Waals surface area contributed by atoms with E-state index in [1.54, 1.807) is 37.4 Å². The molecule has 2 N–H and O–H groups in total. The summed E-state index contributed by atoms with van der Waals surface area (Å²) in [6.07, 6.45) is 1.35. The number of amides is 2. The Morgan fingerprint density at radius 1 is 1.35 bits per heavy atom. The average Bonchev–Trinajstić information content (AvgIpc) is 2.48. The van der Waals surface area contributed by atoms with Crippen LogP contribution >= 0.6 is 0 Å². The number of nitrogens with one attached hydrogen (secondary N) is 2. The first-order valence-electron chi connectivity index (χ1n) is 7.34. The van der Waals surface area contributed by atoms with Gasteiger partial charge in [0.1, 0.15) is 5.75 Å². The summed E-state index contributed by atoms with van der Waals surface area (Å²) in [4.78, 5) is 27.9. The smallest absolute Gasteiger partial charge is 0.265 e. The molecule has 1 aliphatic heterocycles. The highest BCUT2D eigenvalue weighted by Gasteiger charge is 2.23. The molecule has 2 amide bonds. The van der Waals surface area contributed by atoms with E-state index in [9.17, 15) is 9.59 Å². The Labute approximate surface area is 133 Å². The van der Waals surface area contributed by atoms with Gasteiger partial charge in [-0.3, -0.25) is 14.6 Å². The molecule has 1 aliphatic rings. The third kappa shape index (κ3) is 3.48. The van der Waals surface area contributed by atoms with Crippen LogP contribution in [0.5, 0.6) is 5.75 Å². The summed E-state index contributed by atoms with van der Waals surface area (Å²) in [6.45, 7) is 3.55. The number of hydrogen-bond donors (Lipinski definition) is 2. The van der Waals surface area contributed by atoms with E-state index >= 15 is 0 Å². The number of hydrogen-bond acceptors (Lipinski definition) is 4. The fourth-order valence-electron chi connectivity index (χ4n) is 2.38. The molecule has 3 rings (SSSR count). The van der Waals surface area contributed by atoms with Crippen molar-refractivity contribution in [2.24, 2.45) is 0 Å². The van der Waals surface area contributed by atoms with Crippen LogP contribution in [0, 0.1) is 6.92 Å². The molecule has 0 fully saturated rings. The van der Waals surface area contributed by atoms with Gasteiger partial charge in [-0.05, 0) is 43.7 Å². The number of carbonyl (C=O) groups is 2. The van der Waals surface area contributed by atoms with Crippen LogP contribution in [0.2, 0.25) is 0 Å². The van der Waals surface area contributed by atoms with Crippen LogP contribution in [0.3, 0.4) is 0 Å². The molecular formula is C17H17N3O3. The zero-order chi connectivity index (χ0) is 16.4. The summed E-state index contributed by atoms with van der Waals surface area (Å²) in [7, 11) is 0. The van der Waals surface area contributed by atoms with Crippen LogP contribution in [-0.2, 0) is 16.0 Å². The largest absolute Gasteiger partial charge is 0.479 e. The number of fused-ring (bicyclic) bond motifs is 1. The van der Waals surface area contributed by atoms with Gasteiger partial charge in [-0.1, -0.05) is 6.07 Å². The number of nitrogens with zero attached hydrogens (tertiary/aromatic N) is 1. The van der Waals surface area contributed by atoms with E-state index < -0.39 is 6.10 Å². The molecule has 0 radical (unpaired) electrons. The highest BCUT2D eigenvalue weighted by atomic mass is 16.5. The summed E-state index contributed by atoms with van der Waals surface area (Å²) in [5, 5.41) is 5.61. The van der Waals surface area contributed by atoms with E-state index in [2.05, 4.69) is 15.6 Å². The first-order chi connectivity index (χ1) is 11.0. The van der Waals surface area contributed by atoms with Gasteiger partial charge in [0.25, 0.3) is 5.91 Å². The van der Waals surface area contributed by atoms with Gasteiger partial charge < -0.3 is 15.4 Å². The second-order valence-corrected chi connectivity index (χ2v) is 5.49. The van der Waals surface area contributed by atoms with Gasteiger partial charge in [-0.2, -0.15) is 0 Å². The lowest BCUT2D eigenvalue weighted by molar-refractivity contribution is -0.122. The molecule has 0 saturated carbocycles. The molecule has 2 heterocycles. The SMILES string of the molecule is Cc1cc(NC(=O)Cc2ccc3c(c2)NC(=O)C(C)O3)ccn1. The fourth-order valence-corrected chi connectivity index (χ4v) is 2.38. The second kappa shape index (κ2) is 6.08. The van der Waals surface area contributed by atoms with Crippen molar-refractivity contribution >= 4 is 23.2 Å². The third-order valence-electron chi connectivity index (χ3n) is 3.52. The van der Waals surface area contributed by atoms with Crippen LogP contribution in [0.1, 0.15) is 18.2 Å². The maximum atomic E-state index is 12.1. The second-order valence-electron chi connectivity index (χ2n) is 5.49. The maximum Gasteiger partial charge on any atom is 0.265 e. The first kappa shape index (κ1) is 15.0. The molecule has 23 heavy (non-hydrogen) atoms. The van der Waals surface area contributed by atoms with Crippen molar-refractivity contribution in [3.63, 3.8) is 0 Å². The monoisotopic (exact) mass is 311 g/mol. The van der Waals surface area contributed by atoms with Gasteiger partial charge in [0.15, 0.2) is 6.10 Å². The lowest BCUT2D eigenvalue weighted by Crippen LogP contribution is -2.34. The molecule has 6 heteroatoms. The number of ether oxygens (including phenoxy) is 1. The lowest BCUT2D eigenvalue weighted by atomic mass is 10.1. The summed E-state index contributed by atoms with van der Waals surface area (Å²) >= 11 is 0. The first-order valence-corrected chi connectivity index (χ1v) is 7.34. The van der Waals surface area contributed by atoms with Crippen LogP contribution in [0.25, 0.3) is 0 Å². The van der Waals surface area contributed by atoms with Crippen molar-refractivity contribution < 1.29 is 14.3 Å². The molecule has 0 spiro atoms. The fraction of sp³-hybridized carbons (Fsp3) is 0.235. The highest BCUT2D eigenvalue weighted by Crippen LogP contribution is 2.30. The van der Waals surface area contributed by atoms with Crippen molar-refractivity contribution in [1.29, 1.82) is 0 Å². The normalized spacial score (nSPS) is 16.1. The number of pyridine rings is 1. The van der Waals surface area contributed by atoms with Crippen LogP contribution in [0.15, 0.2) is 36.5 Å². The Hall–Kier alpha value is -2.89. The van der Waals surface area contributed by atoms with Crippen molar-refractivity contribution in [1.82, 2.24) is 4.98 Å². The number of carbonyl (C=O) groups excluding carboxylic acids is 2. The Balaban J connectivity index is 1.70. The molecule has 0 saturated heterocycles. The van der Waals surface area contributed by atoms with E-state index in [0.29, 0.717) is 17.1 Å². The molecule has 2 aromatic rings. The van der Waals surface area contributed by atoms with E-state index in [-0.39, 0.29) is 18.2 Å². The van der Waals surface area contributed by atoms with Gasteiger partial charge in [0.05, 0.1) is 12.1 Å². The Kier molecular flexibility index (Phi) is 3.97. The highest BCUT2D eigenvalue weighted by molar-refractivity contribution is 5.98. The topological polar surface area (TPSA) is 80.3 Å². The number of anilines is 2. The lowest BCUT2D eigenvalue weighted by Gasteiger charge is -2.23. The summed E-state index contributed by atoms with van der Waals surface area (Å²) < 4.78 is 5.49.